The number of ether oxygens (including phenoxy) is 1. The standard InChI is InChI=1S/C30H27NO5/c1-18(2)21-15-9-10-19(3)26(21)31-29(34)27(33)25(24(32)17-16-20-11-5-4-6-12-20)28-22-13-7-8-14-23(22)30(35)36-28/h4-18,25,28H,1-3H3,(H,31,34)/b17-16+/t25-,28+/m0/s1. The van der Waals surface area contributed by atoms with Crippen molar-refractivity contribution in [1.29, 1.82) is 0 Å². The molecule has 1 heterocycles. The number of rotatable bonds is 8. The van der Waals surface area contributed by atoms with Crippen LogP contribution in [0, 0.1) is 12.8 Å². The predicted octanol–water partition coefficient (Wildman–Crippen LogP) is 5.44. The Bertz CT molecular complexity index is 1360. The quantitative estimate of drug-likeness (QED) is 0.200. The van der Waals surface area contributed by atoms with Crippen LogP contribution in [0.2, 0.25) is 0 Å². The van der Waals surface area contributed by atoms with Gasteiger partial charge in [0.2, 0.25) is 5.78 Å². The molecule has 1 N–H and O–H groups in total. The molecule has 0 saturated heterocycles. The molecular formula is C30H27NO5. The molecule has 0 radical (unpaired) electrons. The predicted molar refractivity (Wildman–Crippen MR) is 137 cm³/mol. The van der Waals surface area contributed by atoms with Gasteiger partial charge >= 0.3 is 5.97 Å². The molecule has 1 amide bonds. The maximum absolute atomic E-state index is 13.5. The van der Waals surface area contributed by atoms with E-state index in [1.165, 1.54) is 6.08 Å². The highest BCUT2D eigenvalue weighted by Crippen LogP contribution is 2.37. The highest BCUT2D eigenvalue weighted by Gasteiger charge is 2.45. The average molecular weight is 482 g/mol. The number of cyclic esters (lactones) is 1. The number of nitrogens with one attached hydrogen (secondary N) is 1. The van der Waals surface area contributed by atoms with Crippen molar-refractivity contribution in [3.63, 3.8) is 0 Å². The molecule has 0 aliphatic carbocycles. The third-order valence-electron chi connectivity index (χ3n) is 6.24. The number of allylic oxidation sites excluding steroid dienone is 1. The molecule has 0 saturated carbocycles. The number of benzene rings is 3. The number of para-hydroxylation sites is 1. The van der Waals surface area contributed by atoms with Gasteiger partial charge in [0.1, 0.15) is 12.0 Å². The second-order valence-corrected chi connectivity index (χ2v) is 9.05. The molecule has 2 atom stereocenters. The van der Waals surface area contributed by atoms with E-state index in [0.29, 0.717) is 11.3 Å². The molecule has 0 fully saturated rings. The molecule has 1 aliphatic rings. The van der Waals surface area contributed by atoms with E-state index in [-0.39, 0.29) is 11.5 Å². The molecule has 4 rings (SSSR count). The van der Waals surface area contributed by atoms with Crippen LogP contribution in [0.5, 0.6) is 0 Å². The first kappa shape index (κ1) is 24.8. The summed E-state index contributed by atoms with van der Waals surface area (Å²) in [5, 5.41) is 2.72. The van der Waals surface area contributed by atoms with Gasteiger partial charge < -0.3 is 10.1 Å². The van der Waals surface area contributed by atoms with Crippen LogP contribution in [0.1, 0.15) is 58.5 Å². The number of amides is 1. The Labute approximate surface area is 210 Å². The number of ketones is 2. The Morgan fingerprint density at radius 1 is 0.917 bits per heavy atom. The molecule has 6 nitrogen and oxygen atoms in total. The summed E-state index contributed by atoms with van der Waals surface area (Å²) < 4.78 is 5.48. The van der Waals surface area contributed by atoms with Crippen LogP contribution in [0.3, 0.4) is 0 Å². The Morgan fingerprint density at radius 2 is 1.61 bits per heavy atom. The third-order valence-corrected chi connectivity index (χ3v) is 6.24. The number of carbonyl (C=O) groups is 4. The molecule has 0 spiro atoms. The zero-order valence-corrected chi connectivity index (χ0v) is 20.4. The maximum atomic E-state index is 13.5. The van der Waals surface area contributed by atoms with E-state index in [4.69, 9.17) is 4.74 Å². The van der Waals surface area contributed by atoms with Crippen LogP contribution >= 0.6 is 0 Å². The van der Waals surface area contributed by atoms with Crippen LogP contribution in [0.25, 0.3) is 6.08 Å². The molecule has 182 valence electrons. The van der Waals surface area contributed by atoms with Crippen LogP contribution in [0.15, 0.2) is 78.9 Å². The number of carbonyl (C=O) groups excluding carboxylic acids is 4. The number of esters is 1. The molecule has 1 aliphatic heterocycles. The first-order chi connectivity index (χ1) is 17.3. The lowest BCUT2D eigenvalue weighted by Gasteiger charge is -2.21. The van der Waals surface area contributed by atoms with Gasteiger partial charge in [-0.1, -0.05) is 86.7 Å². The topological polar surface area (TPSA) is 89.5 Å². The first-order valence-electron chi connectivity index (χ1n) is 11.8. The van der Waals surface area contributed by atoms with Gasteiger partial charge in [0.25, 0.3) is 5.91 Å². The summed E-state index contributed by atoms with van der Waals surface area (Å²) in [6, 6.07) is 21.3. The van der Waals surface area contributed by atoms with Crippen molar-refractivity contribution in [3.05, 3.63) is 107 Å². The molecule has 3 aromatic rings. The summed E-state index contributed by atoms with van der Waals surface area (Å²) in [7, 11) is 0. The third kappa shape index (κ3) is 5.03. The van der Waals surface area contributed by atoms with Gasteiger partial charge in [-0.25, -0.2) is 4.79 Å². The summed E-state index contributed by atoms with van der Waals surface area (Å²) in [5.74, 6) is -4.58. The number of anilines is 1. The Morgan fingerprint density at radius 3 is 2.33 bits per heavy atom. The van der Waals surface area contributed by atoms with Crippen molar-refractivity contribution in [2.24, 2.45) is 5.92 Å². The smallest absolute Gasteiger partial charge is 0.339 e. The van der Waals surface area contributed by atoms with Crippen molar-refractivity contribution < 1.29 is 23.9 Å². The fourth-order valence-electron chi connectivity index (χ4n) is 4.34. The zero-order chi connectivity index (χ0) is 25.8. The molecule has 6 heteroatoms. The van der Waals surface area contributed by atoms with Crippen LogP contribution in [0.4, 0.5) is 5.69 Å². The van der Waals surface area contributed by atoms with E-state index in [1.807, 2.05) is 69.3 Å². The molecule has 36 heavy (non-hydrogen) atoms. The lowest BCUT2D eigenvalue weighted by Crippen LogP contribution is -2.37. The number of hydrogen-bond donors (Lipinski definition) is 1. The molecule has 0 bridgehead atoms. The van der Waals surface area contributed by atoms with Crippen LogP contribution in [-0.2, 0) is 19.1 Å². The largest absolute Gasteiger partial charge is 0.453 e. The SMILES string of the molecule is Cc1cccc(C(C)C)c1NC(=O)C(=O)[C@H](C(=O)/C=C/c1ccccc1)[C@@H]1OC(=O)c2ccccc21. The van der Waals surface area contributed by atoms with Crippen molar-refractivity contribution in [2.75, 3.05) is 5.32 Å². The Kier molecular flexibility index (Phi) is 7.25. The van der Waals surface area contributed by atoms with Crippen molar-refractivity contribution in [1.82, 2.24) is 0 Å². The van der Waals surface area contributed by atoms with Gasteiger partial charge in [0, 0.05) is 11.3 Å². The highest BCUT2D eigenvalue weighted by molar-refractivity contribution is 6.45. The molecular weight excluding hydrogens is 454 g/mol. The van der Waals surface area contributed by atoms with Gasteiger partial charge in [-0.05, 0) is 41.7 Å². The fourth-order valence-corrected chi connectivity index (χ4v) is 4.34. The number of Topliss-reactive ketones (excluding diaryl/α,β-unsaturated/α-hetero) is 1. The van der Waals surface area contributed by atoms with E-state index < -0.39 is 35.5 Å². The van der Waals surface area contributed by atoms with Crippen molar-refractivity contribution in [2.45, 2.75) is 32.8 Å². The lowest BCUT2D eigenvalue weighted by molar-refractivity contribution is -0.143. The molecule has 3 aromatic carbocycles. The van der Waals surface area contributed by atoms with Crippen LogP contribution < -0.4 is 5.32 Å². The second kappa shape index (κ2) is 10.5. The van der Waals surface area contributed by atoms with Gasteiger partial charge in [-0.15, -0.1) is 0 Å². The average Bonchev–Trinajstić information content (AvgIpc) is 3.20. The normalized spacial score (nSPS) is 15.4. The Hall–Kier alpha value is -4.32. The highest BCUT2D eigenvalue weighted by atomic mass is 16.5. The van der Waals surface area contributed by atoms with Gasteiger partial charge in [0.15, 0.2) is 5.78 Å². The first-order valence-corrected chi connectivity index (χ1v) is 11.8. The second-order valence-electron chi connectivity index (χ2n) is 9.05. The number of fused-ring (bicyclic) bond motifs is 1. The summed E-state index contributed by atoms with van der Waals surface area (Å²) in [6.45, 7) is 5.82. The van der Waals surface area contributed by atoms with Gasteiger partial charge in [-0.3, -0.25) is 14.4 Å². The van der Waals surface area contributed by atoms with E-state index in [9.17, 15) is 19.2 Å². The van der Waals surface area contributed by atoms with Gasteiger partial charge in [0.05, 0.1) is 5.56 Å². The van der Waals surface area contributed by atoms with Crippen molar-refractivity contribution >= 4 is 35.2 Å². The molecule has 0 unspecified atom stereocenters. The summed E-state index contributed by atoms with van der Waals surface area (Å²) in [4.78, 5) is 52.6. The summed E-state index contributed by atoms with van der Waals surface area (Å²) >= 11 is 0. The van der Waals surface area contributed by atoms with Gasteiger partial charge in [-0.2, -0.15) is 0 Å². The Balaban J connectivity index is 1.69. The van der Waals surface area contributed by atoms with E-state index in [2.05, 4.69) is 5.32 Å². The minimum absolute atomic E-state index is 0.101. The zero-order valence-electron chi connectivity index (χ0n) is 20.4. The molecule has 0 aromatic heterocycles. The summed E-state index contributed by atoms with van der Waals surface area (Å²) in [6.07, 6.45) is 1.63. The number of hydrogen-bond acceptors (Lipinski definition) is 5. The summed E-state index contributed by atoms with van der Waals surface area (Å²) in [5.41, 5.74) is 3.66. The van der Waals surface area contributed by atoms with E-state index in [0.717, 1.165) is 16.7 Å². The number of aryl methyl sites for hydroxylation is 1. The van der Waals surface area contributed by atoms with E-state index >= 15 is 0 Å². The maximum Gasteiger partial charge on any atom is 0.339 e. The van der Waals surface area contributed by atoms with Crippen molar-refractivity contribution in [3.8, 4) is 0 Å². The minimum atomic E-state index is -1.52. The van der Waals surface area contributed by atoms with Crippen LogP contribution in [-0.4, -0.2) is 23.4 Å². The lowest BCUT2D eigenvalue weighted by atomic mass is 9.86. The minimum Gasteiger partial charge on any atom is -0.453 e. The van der Waals surface area contributed by atoms with E-state index in [1.54, 1.807) is 30.3 Å². The fraction of sp³-hybridized carbons (Fsp3) is 0.200. The monoisotopic (exact) mass is 481 g/mol.